The summed E-state index contributed by atoms with van der Waals surface area (Å²) in [6.45, 7) is 0.468. The standard InChI is InChI=1S/C12H16N2O3S/c15-11(16)8-14-5-1-4-10(14)12(17)13-7-9-3-2-6-18-9/h1,4-5,9H,2-3,6-8H2,(H,13,17)(H,15,16). The third-order valence-electron chi connectivity index (χ3n) is 2.88. The highest BCUT2D eigenvalue weighted by Gasteiger charge is 2.18. The van der Waals surface area contributed by atoms with E-state index in [0.717, 1.165) is 12.2 Å². The predicted molar refractivity (Wildman–Crippen MR) is 69.9 cm³/mol. The van der Waals surface area contributed by atoms with Crippen molar-refractivity contribution < 1.29 is 14.7 Å². The van der Waals surface area contributed by atoms with Gasteiger partial charge in [0.15, 0.2) is 0 Å². The first-order valence-electron chi connectivity index (χ1n) is 5.93. The van der Waals surface area contributed by atoms with Gasteiger partial charge >= 0.3 is 5.97 Å². The molecule has 0 radical (unpaired) electrons. The molecule has 1 unspecified atom stereocenters. The summed E-state index contributed by atoms with van der Waals surface area (Å²) in [5.41, 5.74) is 0.403. The first-order chi connectivity index (χ1) is 8.66. The fraction of sp³-hybridized carbons (Fsp3) is 0.500. The van der Waals surface area contributed by atoms with Crippen molar-refractivity contribution in [3.8, 4) is 0 Å². The molecule has 2 rings (SSSR count). The molecular weight excluding hydrogens is 252 g/mol. The molecule has 18 heavy (non-hydrogen) atoms. The van der Waals surface area contributed by atoms with E-state index in [-0.39, 0.29) is 12.5 Å². The smallest absolute Gasteiger partial charge is 0.323 e. The molecule has 1 atom stereocenters. The Bertz CT molecular complexity index is 438. The molecule has 2 heterocycles. The lowest BCUT2D eigenvalue weighted by molar-refractivity contribution is -0.137. The van der Waals surface area contributed by atoms with Gasteiger partial charge in [-0.2, -0.15) is 11.8 Å². The Kier molecular flexibility index (Phi) is 4.30. The van der Waals surface area contributed by atoms with Crippen LogP contribution in [0.1, 0.15) is 23.3 Å². The summed E-state index contributed by atoms with van der Waals surface area (Å²) in [7, 11) is 0. The van der Waals surface area contributed by atoms with E-state index in [2.05, 4.69) is 5.32 Å². The van der Waals surface area contributed by atoms with E-state index in [0.29, 0.717) is 17.5 Å². The van der Waals surface area contributed by atoms with Crippen molar-refractivity contribution in [3.63, 3.8) is 0 Å². The maximum atomic E-state index is 11.9. The maximum absolute atomic E-state index is 11.9. The van der Waals surface area contributed by atoms with Crippen molar-refractivity contribution in [3.05, 3.63) is 24.0 Å². The summed E-state index contributed by atoms with van der Waals surface area (Å²) >= 11 is 1.88. The summed E-state index contributed by atoms with van der Waals surface area (Å²) in [4.78, 5) is 22.6. The zero-order chi connectivity index (χ0) is 13.0. The summed E-state index contributed by atoms with van der Waals surface area (Å²) in [5, 5.41) is 12.1. The molecule has 98 valence electrons. The largest absolute Gasteiger partial charge is 0.480 e. The van der Waals surface area contributed by atoms with E-state index in [1.165, 1.54) is 11.0 Å². The van der Waals surface area contributed by atoms with Gasteiger partial charge in [-0.15, -0.1) is 0 Å². The molecule has 2 N–H and O–H groups in total. The van der Waals surface area contributed by atoms with Crippen molar-refractivity contribution in [1.29, 1.82) is 0 Å². The number of carboxylic acids is 1. The molecule has 1 fully saturated rings. The molecule has 0 spiro atoms. The number of nitrogens with zero attached hydrogens (tertiary/aromatic N) is 1. The van der Waals surface area contributed by atoms with E-state index in [4.69, 9.17) is 5.11 Å². The number of carboxylic acid groups (broad SMARTS) is 1. The van der Waals surface area contributed by atoms with Gasteiger partial charge in [-0.1, -0.05) is 0 Å². The fourth-order valence-corrected chi connectivity index (χ4v) is 3.21. The van der Waals surface area contributed by atoms with Crippen molar-refractivity contribution >= 4 is 23.6 Å². The number of carbonyl (C=O) groups is 2. The normalized spacial score (nSPS) is 18.8. The zero-order valence-corrected chi connectivity index (χ0v) is 10.8. The van der Waals surface area contributed by atoms with Crippen LogP contribution in [0.25, 0.3) is 0 Å². The average Bonchev–Trinajstić information content (AvgIpc) is 2.95. The second kappa shape index (κ2) is 5.95. The topological polar surface area (TPSA) is 71.3 Å². The molecule has 0 saturated carbocycles. The van der Waals surface area contributed by atoms with Gasteiger partial charge in [0, 0.05) is 18.0 Å². The predicted octanol–water partition coefficient (Wildman–Crippen LogP) is 1.20. The molecule has 1 aromatic rings. The Morgan fingerprint density at radius 3 is 3.06 bits per heavy atom. The number of aromatic nitrogens is 1. The molecule has 5 nitrogen and oxygen atoms in total. The minimum atomic E-state index is -0.952. The summed E-state index contributed by atoms with van der Waals surface area (Å²) in [5.74, 6) is 0.0102. The molecule has 1 aliphatic rings. The average molecular weight is 268 g/mol. The van der Waals surface area contributed by atoms with Crippen LogP contribution >= 0.6 is 11.8 Å². The van der Waals surface area contributed by atoms with Crippen LogP contribution in [0.4, 0.5) is 0 Å². The highest BCUT2D eigenvalue weighted by atomic mass is 32.2. The van der Waals surface area contributed by atoms with E-state index < -0.39 is 5.97 Å². The molecule has 1 aromatic heterocycles. The van der Waals surface area contributed by atoms with Crippen molar-refractivity contribution in [2.75, 3.05) is 12.3 Å². The number of hydrogen-bond donors (Lipinski definition) is 2. The number of nitrogens with one attached hydrogen (secondary N) is 1. The Hall–Kier alpha value is -1.43. The Morgan fingerprint density at radius 2 is 2.39 bits per heavy atom. The molecule has 0 aromatic carbocycles. The van der Waals surface area contributed by atoms with E-state index in [1.807, 2.05) is 11.8 Å². The van der Waals surface area contributed by atoms with Gasteiger partial charge < -0.3 is 15.0 Å². The Labute approximate surface area is 110 Å². The number of hydrogen-bond acceptors (Lipinski definition) is 3. The quantitative estimate of drug-likeness (QED) is 0.841. The number of carbonyl (C=O) groups excluding carboxylic acids is 1. The molecule has 0 bridgehead atoms. The van der Waals surface area contributed by atoms with E-state index in [9.17, 15) is 9.59 Å². The van der Waals surface area contributed by atoms with Gasteiger partial charge in [-0.25, -0.2) is 0 Å². The van der Waals surface area contributed by atoms with Crippen LogP contribution < -0.4 is 5.32 Å². The number of rotatable bonds is 5. The van der Waals surface area contributed by atoms with Crippen LogP contribution in [0.2, 0.25) is 0 Å². The minimum absolute atomic E-state index is 0.187. The van der Waals surface area contributed by atoms with Gasteiger partial charge in [0.2, 0.25) is 0 Å². The fourth-order valence-electron chi connectivity index (χ4n) is 2.01. The highest BCUT2D eigenvalue weighted by Crippen LogP contribution is 2.25. The van der Waals surface area contributed by atoms with Crippen LogP contribution in [0.3, 0.4) is 0 Å². The molecular formula is C12H16N2O3S. The SMILES string of the molecule is O=C(O)Cn1cccc1C(=O)NCC1CCCS1. The molecule has 6 heteroatoms. The second-order valence-electron chi connectivity index (χ2n) is 4.26. The van der Waals surface area contributed by atoms with Crippen molar-refractivity contribution in [2.24, 2.45) is 0 Å². The van der Waals surface area contributed by atoms with Gasteiger partial charge in [-0.3, -0.25) is 9.59 Å². The minimum Gasteiger partial charge on any atom is -0.480 e. The van der Waals surface area contributed by atoms with Gasteiger partial charge in [0.25, 0.3) is 5.91 Å². The van der Waals surface area contributed by atoms with Crippen LogP contribution in [-0.4, -0.2) is 39.1 Å². The molecule has 1 amide bonds. The first-order valence-corrected chi connectivity index (χ1v) is 6.98. The van der Waals surface area contributed by atoms with E-state index >= 15 is 0 Å². The Balaban J connectivity index is 1.91. The third kappa shape index (κ3) is 3.29. The lowest BCUT2D eigenvalue weighted by Gasteiger charge is -2.11. The van der Waals surface area contributed by atoms with Crippen LogP contribution in [-0.2, 0) is 11.3 Å². The second-order valence-corrected chi connectivity index (χ2v) is 5.67. The third-order valence-corrected chi connectivity index (χ3v) is 4.28. The lowest BCUT2D eigenvalue weighted by Crippen LogP contribution is -2.31. The van der Waals surface area contributed by atoms with Crippen LogP contribution in [0.5, 0.6) is 0 Å². The Morgan fingerprint density at radius 1 is 1.56 bits per heavy atom. The molecule has 0 aliphatic carbocycles. The summed E-state index contributed by atoms with van der Waals surface area (Å²) < 4.78 is 1.44. The summed E-state index contributed by atoms with van der Waals surface area (Å²) in [6, 6.07) is 3.32. The van der Waals surface area contributed by atoms with Crippen LogP contribution in [0, 0.1) is 0 Å². The van der Waals surface area contributed by atoms with Crippen LogP contribution in [0.15, 0.2) is 18.3 Å². The number of aliphatic carboxylic acids is 1. The molecule has 1 saturated heterocycles. The summed E-state index contributed by atoms with van der Waals surface area (Å²) in [6.07, 6.45) is 3.95. The van der Waals surface area contributed by atoms with Gasteiger partial charge in [0.1, 0.15) is 12.2 Å². The maximum Gasteiger partial charge on any atom is 0.323 e. The number of amides is 1. The lowest BCUT2D eigenvalue weighted by atomic mass is 10.2. The van der Waals surface area contributed by atoms with Crippen molar-refractivity contribution in [2.45, 2.75) is 24.6 Å². The van der Waals surface area contributed by atoms with Gasteiger partial charge in [-0.05, 0) is 30.7 Å². The van der Waals surface area contributed by atoms with E-state index in [1.54, 1.807) is 18.3 Å². The van der Waals surface area contributed by atoms with Gasteiger partial charge in [0.05, 0.1) is 0 Å². The molecule has 1 aliphatic heterocycles. The monoisotopic (exact) mass is 268 g/mol. The van der Waals surface area contributed by atoms with Crippen molar-refractivity contribution in [1.82, 2.24) is 9.88 Å². The highest BCUT2D eigenvalue weighted by molar-refractivity contribution is 8.00. The zero-order valence-electron chi connectivity index (χ0n) is 9.96. The first kappa shape index (κ1) is 13.0. The number of thioether (sulfide) groups is 1.